The molecule has 0 aliphatic heterocycles. The Hall–Kier alpha value is -1.18. The van der Waals surface area contributed by atoms with Crippen molar-refractivity contribution < 1.29 is 0 Å². The molecule has 1 aliphatic carbocycles. The number of rotatable bonds is 2. The van der Waals surface area contributed by atoms with Gasteiger partial charge in [0, 0.05) is 13.1 Å². The van der Waals surface area contributed by atoms with Gasteiger partial charge in [-0.2, -0.15) is 0 Å². The van der Waals surface area contributed by atoms with E-state index in [4.69, 9.17) is 5.73 Å². The topological polar surface area (TPSA) is 29.3 Å². The Morgan fingerprint density at radius 2 is 1.88 bits per heavy atom. The van der Waals surface area contributed by atoms with Gasteiger partial charge in [-0.1, -0.05) is 25.3 Å². The minimum atomic E-state index is 0.679. The Morgan fingerprint density at radius 3 is 2.50 bits per heavy atom. The van der Waals surface area contributed by atoms with Crippen molar-refractivity contribution in [1.29, 1.82) is 0 Å². The molecule has 2 N–H and O–H groups in total. The van der Waals surface area contributed by atoms with E-state index in [1.54, 1.807) is 0 Å². The fourth-order valence-corrected chi connectivity index (χ4v) is 2.66. The van der Waals surface area contributed by atoms with Crippen LogP contribution in [-0.4, -0.2) is 13.1 Å². The number of nitrogens with zero attached hydrogens (tertiary/aromatic N) is 1. The van der Waals surface area contributed by atoms with Crippen molar-refractivity contribution >= 4 is 11.4 Å². The van der Waals surface area contributed by atoms with E-state index < -0.39 is 0 Å². The maximum Gasteiger partial charge on any atom is 0.0600 e. The highest BCUT2D eigenvalue weighted by Gasteiger charge is 2.19. The summed E-state index contributed by atoms with van der Waals surface area (Å²) in [6, 6.07) is 7.04. The maximum absolute atomic E-state index is 6.09. The normalized spacial score (nSPS) is 17.4. The molecule has 0 amide bonds. The van der Waals surface area contributed by atoms with Gasteiger partial charge in [0.05, 0.1) is 11.4 Å². The van der Waals surface area contributed by atoms with Crippen LogP contribution in [0.5, 0.6) is 0 Å². The summed E-state index contributed by atoms with van der Waals surface area (Å²) in [4.78, 5) is 2.37. The Bertz CT molecular complexity index is 354. The zero-order chi connectivity index (χ0) is 11.5. The van der Waals surface area contributed by atoms with Gasteiger partial charge in [-0.25, -0.2) is 0 Å². The van der Waals surface area contributed by atoms with Gasteiger partial charge in [-0.3, -0.25) is 0 Å². The first-order valence-electron chi connectivity index (χ1n) is 6.27. The van der Waals surface area contributed by atoms with Crippen molar-refractivity contribution in [3.05, 3.63) is 23.8 Å². The molecule has 0 saturated heterocycles. The first-order chi connectivity index (χ1) is 7.68. The molecule has 0 unspecified atom stereocenters. The first kappa shape index (κ1) is 11.3. The van der Waals surface area contributed by atoms with Crippen LogP contribution >= 0.6 is 0 Å². The van der Waals surface area contributed by atoms with Crippen LogP contribution < -0.4 is 10.6 Å². The van der Waals surface area contributed by atoms with Gasteiger partial charge in [0.1, 0.15) is 0 Å². The average Bonchev–Trinajstić information content (AvgIpc) is 2.29. The summed E-state index contributed by atoms with van der Waals surface area (Å²) in [7, 11) is 2.18. The Morgan fingerprint density at radius 1 is 1.19 bits per heavy atom. The molecular formula is C14H22N2. The van der Waals surface area contributed by atoms with Crippen LogP contribution in [0.25, 0.3) is 0 Å². The van der Waals surface area contributed by atoms with Gasteiger partial charge in [0.2, 0.25) is 0 Å². The smallest absolute Gasteiger partial charge is 0.0600 e. The quantitative estimate of drug-likeness (QED) is 0.771. The summed E-state index contributed by atoms with van der Waals surface area (Å²) in [5.74, 6) is 0. The number of aryl methyl sites for hydroxylation is 1. The van der Waals surface area contributed by atoms with Gasteiger partial charge in [-0.15, -0.1) is 0 Å². The zero-order valence-corrected chi connectivity index (χ0v) is 10.4. The highest BCUT2D eigenvalue weighted by Crippen LogP contribution is 2.30. The van der Waals surface area contributed by atoms with Gasteiger partial charge in [0.15, 0.2) is 0 Å². The minimum absolute atomic E-state index is 0.679. The predicted molar refractivity (Wildman–Crippen MR) is 70.9 cm³/mol. The standard InChI is InChI=1S/C14H22N2/c1-11-8-9-14(13(15)10-11)16(2)12-6-4-3-5-7-12/h8-10,12H,3-7,15H2,1-2H3. The number of hydrogen-bond donors (Lipinski definition) is 1. The summed E-state index contributed by atoms with van der Waals surface area (Å²) >= 11 is 0. The monoisotopic (exact) mass is 218 g/mol. The van der Waals surface area contributed by atoms with Gasteiger partial charge in [0.25, 0.3) is 0 Å². The van der Waals surface area contributed by atoms with E-state index in [0.29, 0.717) is 6.04 Å². The molecule has 0 bridgehead atoms. The maximum atomic E-state index is 6.09. The van der Waals surface area contributed by atoms with E-state index in [-0.39, 0.29) is 0 Å². The lowest BCUT2D eigenvalue weighted by Crippen LogP contribution is -2.33. The molecule has 1 fully saturated rings. The molecule has 0 aromatic heterocycles. The third-order valence-electron chi connectivity index (χ3n) is 3.69. The van der Waals surface area contributed by atoms with Crippen molar-refractivity contribution in [1.82, 2.24) is 0 Å². The van der Waals surface area contributed by atoms with E-state index in [1.165, 1.54) is 43.4 Å². The minimum Gasteiger partial charge on any atom is -0.397 e. The van der Waals surface area contributed by atoms with Gasteiger partial charge < -0.3 is 10.6 Å². The number of anilines is 2. The lowest BCUT2D eigenvalue weighted by molar-refractivity contribution is 0.428. The van der Waals surface area contributed by atoms with Crippen LogP contribution in [0.3, 0.4) is 0 Å². The lowest BCUT2D eigenvalue weighted by Gasteiger charge is -2.33. The van der Waals surface area contributed by atoms with E-state index >= 15 is 0 Å². The lowest BCUT2D eigenvalue weighted by atomic mass is 9.94. The molecule has 2 nitrogen and oxygen atoms in total. The largest absolute Gasteiger partial charge is 0.397 e. The molecule has 1 aliphatic rings. The van der Waals surface area contributed by atoms with E-state index in [9.17, 15) is 0 Å². The fourth-order valence-electron chi connectivity index (χ4n) is 2.66. The molecule has 0 heterocycles. The molecule has 88 valence electrons. The van der Waals surface area contributed by atoms with Crippen LogP contribution in [0.4, 0.5) is 11.4 Å². The summed E-state index contributed by atoms with van der Waals surface area (Å²) in [5, 5.41) is 0. The Kier molecular flexibility index (Phi) is 3.37. The van der Waals surface area contributed by atoms with E-state index in [2.05, 4.69) is 37.1 Å². The highest BCUT2D eigenvalue weighted by atomic mass is 15.1. The van der Waals surface area contributed by atoms with Crippen molar-refractivity contribution in [2.75, 3.05) is 17.7 Å². The molecule has 2 heteroatoms. The van der Waals surface area contributed by atoms with Crippen LogP contribution in [0.15, 0.2) is 18.2 Å². The van der Waals surface area contributed by atoms with Gasteiger partial charge in [-0.05, 0) is 37.5 Å². The Labute approximate surface area is 98.4 Å². The molecule has 0 radical (unpaired) electrons. The summed E-state index contributed by atoms with van der Waals surface area (Å²) in [5.41, 5.74) is 9.42. The van der Waals surface area contributed by atoms with Crippen molar-refractivity contribution in [3.63, 3.8) is 0 Å². The molecule has 1 saturated carbocycles. The number of hydrogen-bond acceptors (Lipinski definition) is 2. The second kappa shape index (κ2) is 4.77. The summed E-state index contributed by atoms with van der Waals surface area (Å²) in [6.07, 6.45) is 6.74. The Balaban J connectivity index is 2.15. The van der Waals surface area contributed by atoms with Crippen LogP contribution in [0.1, 0.15) is 37.7 Å². The third kappa shape index (κ3) is 2.31. The van der Waals surface area contributed by atoms with Crippen molar-refractivity contribution in [3.8, 4) is 0 Å². The second-order valence-corrected chi connectivity index (χ2v) is 4.97. The van der Waals surface area contributed by atoms with Crippen molar-refractivity contribution in [2.24, 2.45) is 0 Å². The highest BCUT2D eigenvalue weighted by molar-refractivity contribution is 5.68. The van der Waals surface area contributed by atoms with Crippen LogP contribution in [0.2, 0.25) is 0 Å². The molecule has 0 spiro atoms. The molecule has 0 atom stereocenters. The SMILES string of the molecule is Cc1ccc(N(C)C2CCCCC2)c(N)c1. The summed E-state index contributed by atoms with van der Waals surface area (Å²) < 4.78 is 0. The van der Waals surface area contributed by atoms with Crippen LogP contribution in [0, 0.1) is 6.92 Å². The van der Waals surface area contributed by atoms with E-state index in [1.807, 2.05) is 0 Å². The van der Waals surface area contributed by atoms with Gasteiger partial charge >= 0.3 is 0 Å². The molecule has 1 aromatic carbocycles. The zero-order valence-electron chi connectivity index (χ0n) is 10.4. The molecule has 1 aromatic rings. The van der Waals surface area contributed by atoms with Crippen molar-refractivity contribution in [2.45, 2.75) is 45.1 Å². The molecule has 16 heavy (non-hydrogen) atoms. The van der Waals surface area contributed by atoms with E-state index in [0.717, 1.165) is 5.69 Å². The molecule has 2 rings (SSSR count). The third-order valence-corrected chi connectivity index (χ3v) is 3.69. The predicted octanol–water partition coefficient (Wildman–Crippen LogP) is 3.35. The number of nitrogens with two attached hydrogens (primary N) is 1. The molecular weight excluding hydrogens is 196 g/mol. The fraction of sp³-hybridized carbons (Fsp3) is 0.571. The number of nitrogen functional groups attached to an aromatic ring is 1. The summed E-state index contributed by atoms with van der Waals surface area (Å²) in [6.45, 7) is 2.08. The number of benzene rings is 1. The first-order valence-corrected chi connectivity index (χ1v) is 6.27. The average molecular weight is 218 g/mol. The second-order valence-electron chi connectivity index (χ2n) is 4.97. The van der Waals surface area contributed by atoms with Crippen LogP contribution in [-0.2, 0) is 0 Å².